The number of hydrogen-bond donors (Lipinski definition) is 1. The zero-order valence-corrected chi connectivity index (χ0v) is 55.6. The second-order valence-corrected chi connectivity index (χ2v) is 41.4. The van der Waals surface area contributed by atoms with Crippen molar-refractivity contribution in [2.75, 3.05) is 40.7 Å². The van der Waals surface area contributed by atoms with E-state index in [0.29, 0.717) is 45.1 Å². The maximum absolute atomic E-state index is 14.0. The molecule has 80 heavy (non-hydrogen) atoms. The molecule has 8 heterocycles. The summed E-state index contributed by atoms with van der Waals surface area (Å²) in [7, 11) is -5.38. The molecule has 0 aliphatic carbocycles. The lowest BCUT2D eigenvalue weighted by Gasteiger charge is -2.47. The van der Waals surface area contributed by atoms with Gasteiger partial charge in [0.2, 0.25) is 0 Å². The summed E-state index contributed by atoms with van der Waals surface area (Å²) in [6, 6.07) is 9.23. The first-order chi connectivity index (χ1) is 38.3. The van der Waals surface area contributed by atoms with Gasteiger partial charge in [-0.15, -0.1) is 0 Å². The molecule has 8 fully saturated rings. The average molecular weight is 1200 g/mol. The topological polar surface area (TPSA) is 174 Å². The van der Waals surface area contributed by atoms with Crippen molar-refractivity contribution in [1.82, 2.24) is 0 Å². The summed E-state index contributed by atoms with van der Waals surface area (Å²) >= 11 is 0. The van der Waals surface area contributed by atoms with Gasteiger partial charge in [-0.2, -0.15) is 0 Å². The van der Waals surface area contributed by atoms with Crippen molar-refractivity contribution in [1.29, 1.82) is 0 Å². The smallest absolute Gasteiger partial charge is 0.337 e. The first-order valence-electron chi connectivity index (χ1n) is 31.6. The van der Waals surface area contributed by atoms with Crippen LogP contribution in [0.4, 0.5) is 0 Å². The minimum absolute atomic E-state index is 0.0235. The van der Waals surface area contributed by atoms with Crippen molar-refractivity contribution < 1.29 is 74.7 Å². The molecule has 0 aromatic carbocycles. The molecule has 1 N–H and O–H groups in total. The minimum atomic E-state index is -3.61. The van der Waals surface area contributed by atoms with E-state index in [4.69, 9.17) is 60.2 Å². The molecular weight excluding hydrogens is 1090 g/mol. The standard InChI is InChI=1S/C60H109O16PSi3/c1-16-78(17-2,18-3)67-38-46(75-79(19-4,20-5)21-6)35-52-54(64-13)47(34-43(62)39-77(63,65-14)66-15)51(70-52)36-50-42(12)40(10)32-44(69-50)27-28-48-41(11)33-45(68-48)29-30-60-37-53-55(73-60)57-58(72-53)59(74-60)56(49(71-57)26-25-31-61)76-80(22-7,23-8)24-9/h40,44-59,61H,11-12,16-39H2,1-10,13-15H3/t40-,44+,45+,46+,47+,48+,49+,50-,51+,52-,53-,54-,55+,56+,57+,58-,59+,60+/m1/s1. The molecule has 0 aromatic heterocycles. The molecule has 0 aromatic rings. The maximum atomic E-state index is 14.0. The molecule has 8 aliphatic rings. The van der Waals surface area contributed by atoms with Crippen molar-refractivity contribution in [3.05, 3.63) is 24.3 Å². The van der Waals surface area contributed by atoms with E-state index in [-0.39, 0.29) is 116 Å². The molecule has 462 valence electrons. The summed E-state index contributed by atoms with van der Waals surface area (Å²) in [5, 5.41) is 9.87. The average Bonchev–Trinajstić information content (AvgIpc) is 4.34. The number of rotatable bonds is 36. The number of hydrogen-bond acceptors (Lipinski definition) is 16. The Labute approximate surface area is 485 Å². The largest absolute Gasteiger partial charge is 0.414 e. The second kappa shape index (κ2) is 29.4. The van der Waals surface area contributed by atoms with E-state index in [1.807, 2.05) is 0 Å². The van der Waals surface area contributed by atoms with Crippen molar-refractivity contribution in [3.63, 3.8) is 0 Å². The van der Waals surface area contributed by atoms with Gasteiger partial charge >= 0.3 is 7.60 Å². The van der Waals surface area contributed by atoms with E-state index in [2.05, 4.69) is 82.4 Å². The SMILES string of the molecule is C=C1C[C@H](CC[C@@]23C[C@H]4O[C@H]5[C@@H](O2)[C@@H](O[Si](CC)(CC)CC)[C@H](CCCO)O[C@H]5[C@H]4O3)O[C@H]1CC[C@H]1C[C@@H](C)C(=C)[C@@H](C[C@@H]2O[C@H](C[C@@H](CO[Si](CC)(CC)CC)O[Si](CC)(CC)CC)[C@H](OC)[C@H]2CC(=O)CP(=O)(OC)OC)O1. The Morgan fingerprint density at radius 3 is 1.95 bits per heavy atom. The Morgan fingerprint density at radius 2 is 1.34 bits per heavy atom. The molecule has 16 nitrogen and oxygen atoms in total. The highest BCUT2D eigenvalue weighted by Crippen LogP contribution is 2.55. The highest BCUT2D eigenvalue weighted by atomic mass is 31.2. The molecule has 6 bridgehead atoms. The number of Topliss-reactive ketones (excluding diaryl/α,β-unsaturated/α-hetero) is 1. The first kappa shape index (κ1) is 67.0. The van der Waals surface area contributed by atoms with Gasteiger partial charge in [0.25, 0.3) is 0 Å². The molecule has 20 heteroatoms. The third kappa shape index (κ3) is 15.1. The minimum Gasteiger partial charge on any atom is -0.414 e. The lowest BCUT2D eigenvalue weighted by atomic mass is 9.82. The summed E-state index contributed by atoms with van der Waals surface area (Å²) in [6.07, 6.45) is 3.91. The fourth-order valence-corrected chi connectivity index (χ4v) is 24.3. The third-order valence-electron chi connectivity index (χ3n) is 20.9. The fourth-order valence-electron chi connectivity index (χ4n) is 14.9. The van der Waals surface area contributed by atoms with Crippen molar-refractivity contribution in [2.24, 2.45) is 11.8 Å². The van der Waals surface area contributed by atoms with Gasteiger partial charge in [-0.05, 0) is 116 Å². The number of aliphatic hydroxyl groups excluding tert-OH is 1. The molecule has 0 spiro atoms. The number of ketones is 1. The summed E-state index contributed by atoms with van der Waals surface area (Å²) in [5.74, 6) is -1.21. The Morgan fingerprint density at radius 1 is 0.713 bits per heavy atom. The third-order valence-corrected chi connectivity index (χ3v) is 36.7. The van der Waals surface area contributed by atoms with Gasteiger partial charge in [0.15, 0.2) is 30.7 Å². The van der Waals surface area contributed by atoms with Crippen LogP contribution in [0.15, 0.2) is 24.3 Å². The van der Waals surface area contributed by atoms with Crippen LogP contribution in [0.2, 0.25) is 54.4 Å². The molecule has 18 atom stereocenters. The van der Waals surface area contributed by atoms with Gasteiger partial charge in [0.05, 0.1) is 67.6 Å². The van der Waals surface area contributed by atoms with Gasteiger partial charge in [-0.3, -0.25) is 9.36 Å². The van der Waals surface area contributed by atoms with Crippen molar-refractivity contribution in [2.45, 2.75) is 298 Å². The van der Waals surface area contributed by atoms with Gasteiger partial charge < -0.3 is 65.3 Å². The zero-order valence-electron chi connectivity index (χ0n) is 51.7. The molecule has 0 radical (unpaired) electrons. The molecule has 8 rings (SSSR count). The van der Waals surface area contributed by atoms with Crippen LogP contribution in [0.5, 0.6) is 0 Å². The Balaban J connectivity index is 1.01. The van der Waals surface area contributed by atoms with E-state index in [1.54, 1.807) is 7.11 Å². The van der Waals surface area contributed by atoms with E-state index < -0.39 is 50.5 Å². The van der Waals surface area contributed by atoms with Crippen LogP contribution in [0.3, 0.4) is 0 Å². The Bertz CT molecular complexity index is 2010. The Kier molecular flexibility index (Phi) is 24.7. The number of carbonyl (C=O) groups is 1. The summed E-state index contributed by atoms with van der Waals surface area (Å²) in [4.78, 5) is 14.0. The Hall–Kier alpha value is -0.529. The van der Waals surface area contributed by atoms with Crippen molar-refractivity contribution in [3.8, 4) is 0 Å². The lowest BCUT2D eigenvalue weighted by Crippen LogP contribution is -2.62. The van der Waals surface area contributed by atoms with Gasteiger partial charge in [0.1, 0.15) is 42.5 Å². The van der Waals surface area contributed by atoms with Gasteiger partial charge in [-0.1, -0.05) is 82.4 Å². The molecular formula is C60H109O16PSi3. The quantitative estimate of drug-likeness (QED) is 0.0356. The zero-order chi connectivity index (χ0) is 58.2. The van der Waals surface area contributed by atoms with Crippen LogP contribution in [0.25, 0.3) is 0 Å². The van der Waals surface area contributed by atoms with Crippen LogP contribution in [0.1, 0.15) is 146 Å². The van der Waals surface area contributed by atoms with Gasteiger partial charge in [-0.25, -0.2) is 0 Å². The summed E-state index contributed by atoms with van der Waals surface area (Å²) in [6.45, 7) is 32.3. The summed E-state index contributed by atoms with van der Waals surface area (Å²) in [5.41, 5.74) is 2.12. The van der Waals surface area contributed by atoms with Crippen LogP contribution >= 0.6 is 7.60 Å². The molecule has 8 saturated heterocycles. The fraction of sp³-hybridized carbons (Fsp3) is 0.917. The highest BCUT2D eigenvalue weighted by molar-refractivity contribution is 7.54. The number of carbonyl (C=O) groups excluding carboxylic acids is 1. The van der Waals surface area contributed by atoms with Crippen LogP contribution in [-0.2, 0) is 69.6 Å². The van der Waals surface area contributed by atoms with E-state index in [1.165, 1.54) is 14.2 Å². The monoisotopic (exact) mass is 1200 g/mol. The van der Waals surface area contributed by atoms with E-state index >= 15 is 0 Å². The molecule has 0 unspecified atom stereocenters. The first-order valence-corrected chi connectivity index (χ1v) is 41.0. The number of ether oxygens (including phenoxy) is 8. The molecule has 8 aliphatic heterocycles. The van der Waals surface area contributed by atoms with E-state index in [9.17, 15) is 14.5 Å². The van der Waals surface area contributed by atoms with Gasteiger partial charge in [0, 0.05) is 66.0 Å². The highest BCUT2D eigenvalue weighted by Gasteiger charge is 2.68. The van der Waals surface area contributed by atoms with E-state index in [0.717, 1.165) is 97.6 Å². The predicted octanol–water partition coefficient (Wildman–Crippen LogP) is 12.2. The van der Waals surface area contributed by atoms with Crippen LogP contribution in [-0.4, -0.2) is 174 Å². The maximum Gasteiger partial charge on any atom is 0.337 e. The van der Waals surface area contributed by atoms with Crippen LogP contribution < -0.4 is 0 Å². The number of aliphatic hydroxyl groups is 1. The second-order valence-electron chi connectivity index (χ2n) is 24.9. The normalized spacial score (nSPS) is 35.9. The van der Waals surface area contributed by atoms with Crippen LogP contribution in [0, 0.1) is 11.8 Å². The van der Waals surface area contributed by atoms with Crippen molar-refractivity contribution >= 4 is 38.3 Å². The lowest BCUT2D eigenvalue weighted by molar-refractivity contribution is -0.271. The molecule has 0 saturated carbocycles. The predicted molar refractivity (Wildman–Crippen MR) is 319 cm³/mol. The summed E-state index contributed by atoms with van der Waals surface area (Å²) < 4.78 is 101. The molecule has 0 amide bonds. The number of methoxy groups -OCH3 is 1.